The second-order valence-corrected chi connectivity index (χ2v) is 7.26. The highest BCUT2D eigenvalue weighted by Gasteiger charge is 2.37. The number of amides is 2. The van der Waals surface area contributed by atoms with Crippen LogP contribution in [0.15, 0.2) is 60.7 Å². The summed E-state index contributed by atoms with van der Waals surface area (Å²) >= 11 is 0. The van der Waals surface area contributed by atoms with Crippen molar-refractivity contribution < 1.29 is 37.4 Å². The van der Waals surface area contributed by atoms with E-state index in [0.717, 1.165) is 17.0 Å². The van der Waals surface area contributed by atoms with E-state index in [0.29, 0.717) is 24.1 Å². The zero-order valence-corrected chi connectivity index (χ0v) is 17.8. The first-order chi connectivity index (χ1) is 16.3. The lowest BCUT2D eigenvalue weighted by atomic mass is 10.1. The molecule has 34 heavy (non-hydrogen) atoms. The Labute approximate surface area is 192 Å². The Morgan fingerprint density at radius 2 is 1.59 bits per heavy atom. The zero-order chi connectivity index (χ0) is 24.4. The molecule has 0 aromatic heterocycles. The minimum atomic E-state index is -1.07. The van der Waals surface area contributed by atoms with E-state index in [2.05, 4.69) is 0 Å². The van der Waals surface area contributed by atoms with Gasteiger partial charge in [-0.15, -0.1) is 0 Å². The lowest BCUT2D eigenvalue weighted by Crippen LogP contribution is -2.29. The summed E-state index contributed by atoms with van der Waals surface area (Å²) in [4.78, 5) is 51.2. The number of imide groups is 1. The lowest BCUT2D eigenvalue weighted by molar-refractivity contribution is 0.0473. The fourth-order valence-corrected chi connectivity index (χ4v) is 3.47. The molecule has 3 aromatic carbocycles. The van der Waals surface area contributed by atoms with Gasteiger partial charge in [-0.1, -0.05) is 0 Å². The minimum absolute atomic E-state index is 0.00393. The Kier molecular flexibility index (Phi) is 6.18. The van der Waals surface area contributed by atoms with Crippen molar-refractivity contribution in [2.75, 3.05) is 18.1 Å². The predicted octanol–water partition coefficient (Wildman–Crippen LogP) is 4.20. The maximum Gasteiger partial charge on any atom is 0.338 e. The maximum atomic E-state index is 13.7. The molecule has 0 atom stereocenters. The Bertz CT molecular complexity index is 1320. The highest BCUT2D eigenvalue weighted by molar-refractivity contribution is 6.34. The smallest absolute Gasteiger partial charge is 0.338 e. The molecule has 0 unspecified atom stereocenters. The number of ketones is 1. The summed E-state index contributed by atoms with van der Waals surface area (Å²) in [6.45, 7) is 1.51. The van der Waals surface area contributed by atoms with Gasteiger partial charge in [0.25, 0.3) is 11.8 Å². The number of nitrogens with zero attached hydrogens (tertiary/aromatic N) is 1. The van der Waals surface area contributed by atoms with Crippen LogP contribution in [0.5, 0.6) is 5.75 Å². The van der Waals surface area contributed by atoms with E-state index in [1.165, 1.54) is 18.2 Å². The van der Waals surface area contributed by atoms with Gasteiger partial charge in [-0.25, -0.2) is 18.5 Å². The predicted molar refractivity (Wildman–Crippen MR) is 116 cm³/mol. The van der Waals surface area contributed by atoms with Crippen LogP contribution in [0.1, 0.15) is 48.4 Å². The summed E-state index contributed by atoms with van der Waals surface area (Å²) in [5.41, 5.74) is -0.0365. The van der Waals surface area contributed by atoms with Gasteiger partial charge in [0.05, 0.1) is 34.5 Å². The zero-order valence-electron chi connectivity index (χ0n) is 17.8. The second kappa shape index (κ2) is 9.22. The largest absolute Gasteiger partial charge is 0.494 e. The molecule has 0 fully saturated rings. The molecule has 0 spiro atoms. The number of hydrogen-bond acceptors (Lipinski definition) is 6. The highest BCUT2D eigenvalue weighted by Crippen LogP contribution is 2.30. The Morgan fingerprint density at radius 3 is 2.26 bits per heavy atom. The molecule has 0 saturated heterocycles. The van der Waals surface area contributed by atoms with Gasteiger partial charge in [0.1, 0.15) is 17.4 Å². The molecule has 4 rings (SSSR count). The quantitative estimate of drug-likeness (QED) is 0.295. The van der Waals surface area contributed by atoms with E-state index in [1.807, 2.05) is 6.92 Å². The summed E-state index contributed by atoms with van der Waals surface area (Å²) in [5, 5.41) is 0. The molecule has 0 N–H and O–H groups in total. The first-order valence-corrected chi connectivity index (χ1v) is 10.2. The number of benzene rings is 3. The molecular weight excluding hydrogens is 448 g/mol. The number of rotatable bonds is 7. The fraction of sp³-hybridized carbons (Fsp3) is 0.120. The summed E-state index contributed by atoms with van der Waals surface area (Å²) < 4.78 is 37.0. The van der Waals surface area contributed by atoms with Crippen molar-refractivity contribution in [3.05, 3.63) is 94.6 Å². The van der Waals surface area contributed by atoms with Crippen molar-refractivity contribution in [3.63, 3.8) is 0 Å². The van der Waals surface area contributed by atoms with Crippen LogP contribution in [0, 0.1) is 11.6 Å². The number of carbonyl (C=O) groups is 4. The van der Waals surface area contributed by atoms with Gasteiger partial charge in [0.2, 0.25) is 5.78 Å². The van der Waals surface area contributed by atoms with Crippen molar-refractivity contribution in [2.24, 2.45) is 0 Å². The number of esters is 1. The van der Waals surface area contributed by atoms with E-state index in [-0.39, 0.29) is 16.7 Å². The maximum absolute atomic E-state index is 13.7. The van der Waals surface area contributed by atoms with E-state index >= 15 is 0 Å². The first-order valence-electron chi connectivity index (χ1n) is 10.2. The van der Waals surface area contributed by atoms with Crippen LogP contribution in [-0.4, -0.2) is 36.8 Å². The third kappa shape index (κ3) is 4.27. The van der Waals surface area contributed by atoms with Crippen LogP contribution < -0.4 is 9.64 Å². The molecular formula is C25H17F2NO6. The van der Waals surface area contributed by atoms with Crippen LogP contribution in [0.4, 0.5) is 14.5 Å². The van der Waals surface area contributed by atoms with Gasteiger partial charge in [-0.2, -0.15) is 0 Å². The Morgan fingerprint density at radius 1 is 0.882 bits per heavy atom. The average molecular weight is 465 g/mol. The van der Waals surface area contributed by atoms with E-state index < -0.39 is 47.4 Å². The Balaban J connectivity index is 1.49. The SMILES string of the molecule is CCOc1ccc(N2C(=O)c3ccc(C(=O)OCC(=O)c4ccc(F)cc4F)cc3C2=O)cc1. The van der Waals surface area contributed by atoms with Gasteiger partial charge >= 0.3 is 5.97 Å². The first kappa shape index (κ1) is 22.8. The van der Waals surface area contributed by atoms with Gasteiger partial charge in [0, 0.05) is 6.07 Å². The van der Waals surface area contributed by atoms with Crippen LogP contribution in [-0.2, 0) is 4.74 Å². The third-order valence-electron chi connectivity index (χ3n) is 5.09. The van der Waals surface area contributed by atoms with Crippen LogP contribution >= 0.6 is 0 Å². The molecule has 0 saturated carbocycles. The van der Waals surface area contributed by atoms with Crippen molar-refractivity contribution in [2.45, 2.75) is 6.92 Å². The van der Waals surface area contributed by atoms with E-state index in [4.69, 9.17) is 9.47 Å². The second-order valence-electron chi connectivity index (χ2n) is 7.26. The molecule has 172 valence electrons. The average Bonchev–Trinajstić information content (AvgIpc) is 3.07. The van der Waals surface area contributed by atoms with Crippen molar-refractivity contribution in [1.29, 1.82) is 0 Å². The standard InChI is InChI=1S/C25H17F2NO6/c1-2-33-17-7-5-16(6-8-17)28-23(30)18-9-3-14(11-20(18)24(28)31)25(32)34-13-22(29)19-10-4-15(26)12-21(19)27/h3-12H,2,13H2,1H3. The Hall–Kier alpha value is -4.40. The molecule has 2 amide bonds. The van der Waals surface area contributed by atoms with Gasteiger partial charge in [-0.05, 0) is 61.5 Å². The van der Waals surface area contributed by atoms with Crippen LogP contribution in [0.3, 0.4) is 0 Å². The van der Waals surface area contributed by atoms with Gasteiger partial charge < -0.3 is 9.47 Å². The number of anilines is 1. The van der Waals surface area contributed by atoms with Crippen molar-refractivity contribution in [1.82, 2.24) is 0 Å². The number of carbonyl (C=O) groups excluding carboxylic acids is 4. The summed E-state index contributed by atoms with van der Waals surface area (Å²) in [6.07, 6.45) is 0. The van der Waals surface area contributed by atoms with E-state index in [9.17, 15) is 28.0 Å². The fourth-order valence-electron chi connectivity index (χ4n) is 3.47. The number of Topliss-reactive ketones (excluding diaryl/α,β-unsaturated/α-hetero) is 1. The molecule has 0 bridgehead atoms. The van der Waals surface area contributed by atoms with Crippen molar-refractivity contribution >= 4 is 29.3 Å². The molecule has 0 aliphatic carbocycles. The monoisotopic (exact) mass is 465 g/mol. The number of fused-ring (bicyclic) bond motifs is 1. The molecule has 1 heterocycles. The number of hydrogen-bond donors (Lipinski definition) is 0. The summed E-state index contributed by atoms with van der Waals surface area (Å²) in [7, 11) is 0. The molecule has 7 nitrogen and oxygen atoms in total. The van der Waals surface area contributed by atoms with Crippen LogP contribution in [0.2, 0.25) is 0 Å². The molecule has 0 radical (unpaired) electrons. The molecule has 1 aliphatic rings. The summed E-state index contributed by atoms with van der Waals surface area (Å²) in [5.74, 6) is -4.31. The van der Waals surface area contributed by atoms with Crippen molar-refractivity contribution in [3.8, 4) is 5.75 Å². The summed E-state index contributed by atoms with van der Waals surface area (Å²) in [6, 6.07) is 12.6. The number of halogens is 2. The van der Waals surface area contributed by atoms with Gasteiger partial charge in [0.15, 0.2) is 6.61 Å². The minimum Gasteiger partial charge on any atom is -0.494 e. The van der Waals surface area contributed by atoms with E-state index in [1.54, 1.807) is 24.3 Å². The lowest BCUT2D eigenvalue weighted by Gasteiger charge is -2.14. The number of ether oxygens (including phenoxy) is 2. The normalized spacial score (nSPS) is 12.5. The topological polar surface area (TPSA) is 90.0 Å². The molecule has 3 aromatic rings. The highest BCUT2D eigenvalue weighted by atomic mass is 19.1. The van der Waals surface area contributed by atoms with Gasteiger partial charge in [-0.3, -0.25) is 14.4 Å². The molecule has 9 heteroatoms. The molecule has 1 aliphatic heterocycles. The third-order valence-corrected chi connectivity index (χ3v) is 5.09. The van der Waals surface area contributed by atoms with Crippen LogP contribution in [0.25, 0.3) is 0 Å².